The number of nitriles is 1. The predicted molar refractivity (Wildman–Crippen MR) is 148 cm³/mol. The van der Waals surface area contributed by atoms with E-state index in [0.29, 0.717) is 41.2 Å². The fourth-order valence-corrected chi connectivity index (χ4v) is 5.68. The van der Waals surface area contributed by atoms with Gasteiger partial charge in [-0.1, -0.05) is 26.0 Å². The van der Waals surface area contributed by atoms with Gasteiger partial charge in [0.15, 0.2) is 5.78 Å². The summed E-state index contributed by atoms with van der Waals surface area (Å²) in [7, 11) is 0. The third-order valence-corrected chi connectivity index (χ3v) is 7.53. The number of aryl methyl sites for hydroxylation is 2. The van der Waals surface area contributed by atoms with E-state index in [1.165, 1.54) is 12.1 Å². The Morgan fingerprint density at radius 2 is 1.90 bits per heavy atom. The Bertz CT molecular complexity index is 1550. The highest BCUT2D eigenvalue weighted by Crippen LogP contribution is 2.50. The number of nitrogens with zero attached hydrogens (tertiary/aromatic N) is 3. The second kappa shape index (κ2) is 10.0. The van der Waals surface area contributed by atoms with E-state index in [4.69, 9.17) is 10.5 Å². The van der Waals surface area contributed by atoms with Crippen molar-refractivity contribution < 1.29 is 13.9 Å². The van der Waals surface area contributed by atoms with E-state index in [1.54, 1.807) is 24.5 Å². The number of ether oxygens (including phenoxy) is 1. The first-order valence-corrected chi connectivity index (χ1v) is 12.9. The number of allylic oxidation sites excluding steroid dienone is 3. The molecule has 2 aromatic carbocycles. The largest absolute Gasteiger partial charge is 0.489 e. The van der Waals surface area contributed by atoms with Gasteiger partial charge in [-0.15, -0.1) is 0 Å². The molecule has 2 heterocycles. The molecule has 6 nitrogen and oxygen atoms in total. The van der Waals surface area contributed by atoms with E-state index < -0.39 is 5.92 Å². The van der Waals surface area contributed by atoms with Crippen molar-refractivity contribution in [2.45, 2.75) is 53.1 Å². The van der Waals surface area contributed by atoms with Gasteiger partial charge in [-0.25, -0.2) is 4.39 Å². The number of benzene rings is 2. The van der Waals surface area contributed by atoms with E-state index in [0.717, 1.165) is 28.0 Å². The van der Waals surface area contributed by atoms with E-state index in [2.05, 4.69) is 31.0 Å². The van der Waals surface area contributed by atoms with Crippen molar-refractivity contribution in [2.24, 2.45) is 11.1 Å². The molecule has 198 valence electrons. The minimum atomic E-state index is -0.591. The molecule has 7 heteroatoms. The third kappa shape index (κ3) is 4.90. The molecule has 1 unspecified atom stereocenters. The van der Waals surface area contributed by atoms with Crippen molar-refractivity contribution in [1.82, 2.24) is 4.98 Å². The number of anilines is 1. The zero-order valence-electron chi connectivity index (χ0n) is 22.6. The maximum atomic E-state index is 13.8. The number of halogens is 1. The summed E-state index contributed by atoms with van der Waals surface area (Å²) in [5.74, 6) is -0.0363. The maximum absolute atomic E-state index is 13.8. The van der Waals surface area contributed by atoms with Crippen molar-refractivity contribution in [1.29, 1.82) is 5.26 Å². The molecule has 0 saturated heterocycles. The van der Waals surface area contributed by atoms with Gasteiger partial charge in [0.2, 0.25) is 0 Å². The Balaban J connectivity index is 1.65. The van der Waals surface area contributed by atoms with Crippen LogP contribution in [0, 0.1) is 36.4 Å². The minimum Gasteiger partial charge on any atom is -0.489 e. The zero-order valence-corrected chi connectivity index (χ0v) is 22.6. The van der Waals surface area contributed by atoms with Gasteiger partial charge in [-0.3, -0.25) is 14.7 Å². The molecule has 2 aliphatic rings. The summed E-state index contributed by atoms with van der Waals surface area (Å²) in [6.45, 7) is 8.40. The molecule has 0 bridgehead atoms. The summed E-state index contributed by atoms with van der Waals surface area (Å²) in [4.78, 5) is 19.9. The van der Waals surface area contributed by atoms with E-state index in [1.807, 2.05) is 36.9 Å². The first-order valence-electron chi connectivity index (χ1n) is 12.9. The number of rotatable bonds is 5. The number of aromatic nitrogens is 1. The lowest BCUT2D eigenvalue weighted by atomic mass is 9.68. The summed E-state index contributed by atoms with van der Waals surface area (Å²) in [6, 6.07) is 16.0. The second-order valence-electron chi connectivity index (χ2n) is 11.1. The van der Waals surface area contributed by atoms with Gasteiger partial charge in [0.25, 0.3) is 0 Å². The third-order valence-electron chi connectivity index (χ3n) is 7.53. The summed E-state index contributed by atoms with van der Waals surface area (Å²) in [5.41, 5.74) is 12.7. The van der Waals surface area contributed by atoms with Crippen molar-refractivity contribution in [2.75, 3.05) is 4.90 Å². The number of pyridine rings is 1. The molecule has 0 amide bonds. The summed E-state index contributed by atoms with van der Waals surface area (Å²) < 4.78 is 19.3. The Labute approximate surface area is 228 Å². The zero-order chi connectivity index (χ0) is 27.9. The van der Waals surface area contributed by atoms with E-state index >= 15 is 0 Å². The molecule has 0 saturated carbocycles. The number of carbonyl (C=O) groups is 1. The lowest BCUT2D eigenvalue weighted by Crippen LogP contribution is -2.42. The number of hydrogen-bond acceptors (Lipinski definition) is 6. The van der Waals surface area contributed by atoms with Crippen molar-refractivity contribution in [3.63, 3.8) is 0 Å². The van der Waals surface area contributed by atoms with Crippen LogP contribution in [0.15, 0.2) is 83.6 Å². The predicted octanol–water partition coefficient (Wildman–Crippen LogP) is 6.36. The molecular formula is C32H31FN4O2. The van der Waals surface area contributed by atoms with Crippen molar-refractivity contribution in [3.8, 4) is 11.8 Å². The van der Waals surface area contributed by atoms with Crippen molar-refractivity contribution in [3.05, 3.63) is 112 Å². The van der Waals surface area contributed by atoms with Gasteiger partial charge in [-0.2, -0.15) is 5.26 Å². The molecule has 39 heavy (non-hydrogen) atoms. The van der Waals surface area contributed by atoms with Crippen LogP contribution in [0.25, 0.3) is 0 Å². The number of nitrogens with two attached hydrogens (primary N) is 1. The van der Waals surface area contributed by atoms with E-state index in [-0.39, 0.29) is 23.6 Å². The highest BCUT2D eigenvalue weighted by molar-refractivity contribution is 6.01. The summed E-state index contributed by atoms with van der Waals surface area (Å²) in [6.07, 6.45) is 4.39. The number of carbonyl (C=O) groups excluding carboxylic acids is 1. The monoisotopic (exact) mass is 522 g/mol. The first-order chi connectivity index (χ1) is 18.6. The van der Waals surface area contributed by atoms with Gasteiger partial charge in [0.1, 0.15) is 24.0 Å². The average molecular weight is 523 g/mol. The summed E-state index contributed by atoms with van der Waals surface area (Å²) >= 11 is 0. The van der Waals surface area contributed by atoms with Crippen molar-refractivity contribution >= 4 is 11.5 Å². The summed E-state index contributed by atoms with van der Waals surface area (Å²) in [5, 5.41) is 10.4. The lowest BCUT2D eigenvalue weighted by molar-refractivity contribution is -0.118. The minimum absolute atomic E-state index is 0.0180. The molecule has 1 aliphatic carbocycles. The van der Waals surface area contributed by atoms with Gasteiger partial charge in [-0.05, 0) is 84.3 Å². The normalized spacial score (nSPS) is 18.6. The molecule has 1 aromatic heterocycles. The van der Waals surface area contributed by atoms with Gasteiger partial charge in [0.05, 0.1) is 29.4 Å². The highest BCUT2D eigenvalue weighted by atomic mass is 19.1. The van der Waals surface area contributed by atoms with Crippen LogP contribution >= 0.6 is 0 Å². The number of Topliss-reactive ketones (excluding diaryl/α,β-unsaturated/α-hetero) is 1. The Kier molecular flexibility index (Phi) is 6.73. The number of hydrogen-bond donors (Lipinski definition) is 1. The molecule has 5 rings (SSSR count). The first kappa shape index (κ1) is 26.2. The van der Waals surface area contributed by atoms with Gasteiger partial charge in [0, 0.05) is 23.9 Å². The van der Waals surface area contributed by atoms with E-state index in [9.17, 15) is 14.4 Å². The topological polar surface area (TPSA) is 92.2 Å². The smallest absolute Gasteiger partial charge is 0.162 e. The van der Waals surface area contributed by atoms with Crippen LogP contribution in [0.4, 0.5) is 10.1 Å². The standard InChI is InChI=1S/C32H31FN4O2/c1-19-12-20(2)25(13-21(19)18-39-24-9-7-22(33)8-10-24)29-26(16-34)31(35)37(23-6-5-11-36-17-23)27-14-32(3,4)15-28(38)30(27)29/h5-13,17,29H,14-15,18,35H2,1-4H3. The maximum Gasteiger partial charge on any atom is 0.162 e. The quantitative estimate of drug-likeness (QED) is 0.419. The molecule has 0 radical (unpaired) electrons. The van der Waals surface area contributed by atoms with Gasteiger partial charge >= 0.3 is 0 Å². The van der Waals surface area contributed by atoms with Crippen LogP contribution in [0.5, 0.6) is 5.75 Å². The molecule has 1 aliphatic heterocycles. The number of ketones is 1. The van der Waals surface area contributed by atoms with Crippen LogP contribution < -0.4 is 15.4 Å². The molecule has 2 N–H and O–H groups in total. The fourth-order valence-electron chi connectivity index (χ4n) is 5.68. The van der Waals surface area contributed by atoms with Crippen LogP contribution in [0.1, 0.15) is 54.9 Å². The average Bonchev–Trinajstić information content (AvgIpc) is 2.88. The second-order valence-corrected chi connectivity index (χ2v) is 11.1. The Hall–Kier alpha value is -4.44. The molecule has 3 aromatic rings. The molecular weight excluding hydrogens is 491 g/mol. The van der Waals surface area contributed by atoms with Crippen LogP contribution in [0.2, 0.25) is 0 Å². The Morgan fingerprint density at radius 1 is 1.15 bits per heavy atom. The van der Waals surface area contributed by atoms with Gasteiger partial charge < -0.3 is 10.5 Å². The molecule has 1 atom stereocenters. The fraction of sp³-hybridized carbons (Fsp3) is 0.281. The van der Waals surface area contributed by atoms with Crippen LogP contribution in [0.3, 0.4) is 0 Å². The van der Waals surface area contributed by atoms with Crippen LogP contribution in [-0.2, 0) is 11.4 Å². The highest BCUT2D eigenvalue weighted by Gasteiger charge is 2.45. The molecule has 0 fully saturated rings. The van der Waals surface area contributed by atoms with Crippen LogP contribution in [-0.4, -0.2) is 10.8 Å². The lowest BCUT2D eigenvalue weighted by Gasteiger charge is -2.44. The Morgan fingerprint density at radius 3 is 2.56 bits per heavy atom. The SMILES string of the molecule is Cc1cc(C)c(C2C(C#N)=C(N)N(c3cccnc3)C3=C2C(=O)CC(C)(C)C3)cc1COc1ccc(F)cc1. The molecule has 0 spiro atoms.